The lowest BCUT2D eigenvalue weighted by molar-refractivity contribution is -0.142. The minimum Gasteiger partial charge on any atom is -0.481 e. The Morgan fingerprint density at radius 3 is 2.35 bits per heavy atom. The second kappa shape index (κ2) is 6.43. The number of carboxylic acid groups (broad SMARTS) is 1. The Morgan fingerprint density at radius 1 is 1.15 bits per heavy atom. The number of amides is 2. The summed E-state index contributed by atoms with van der Waals surface area (Å²) in [5, 5.41) is 21.6. The van der Waals surface area contributed by atoms with Crippen molar-refractivity contribution >= 4 is 12.0 Å². The summed E-state index contributed by atoms with van der Waals surface area (Å²) >= 11 is 0. The molecule has 2 aliphatic rings. The number of nitrogens with zero attached hydrogens (tertiary/aromatic N) is 1. The normalized spacial score (nSPS) is 34.6. The van der Waals surface area contributed by atoms with E-state index in [4.69, 9.17) is 5.11 Å². The van der Waals surface area contributed by atoms with E-state index in [-0.39, 0.29) is 30.0 Å². The molecule has 0 aromatic carbocycles. The van der Waals surface area contributed by atoms with Gasteiger partial charge in [-0.15, -0.1) is 0 Å². The lowest BCUT2D eigenvalue weighted by Crippen LogP contribution is -2.51. The van der Waals surface area contributed by atoms with E-state index in [1.807, 2.05) is 6.92 Å². The van der Waals surface area contributed by atoms with Crippen molar-refractivity contribution in [3.05, 3.63) is 0 Å². The first-order valence-corrected chi connectivity index (χ1v) is 7.43. The first kappa shape index (κ1) is 15.1. The van der Waals surface area contributed by atoms with Crippen LogP contribution in [0.1, 0.15) is 39.0 Å². The number of carbonyl (C=O) groups excluding carboxylic acids is 1. The third kappa shape index (κ3) is 3.62. The van der Waals surface area contributed by atoms with E-state index in [2.05, 4.69) is 5.32 Å². The van der Waals surface area contributed by atoms with E-state index in [1.165, 1.54) is 0 Å². The number of likely N-dealkylation sites (tertiary alicyclic amines) is 1. The minimum atomic E-state index is -0.728. The largest absolute Gasteiger partial charge is 0.481 e. The zero-order valence-electron chi connectivity index (χ0n) is 11.9. The van der Waals surface area contributed by atoms with E-state index in [1.54, 1.807) is 4.90 Å². The molecule has 1 saturated heterocycles. The van der Waals surface area contributed by atoms with Gasteiger partial charge in [0.2, 0.25) is 0 Å². The number of nitrogens with one attached hydrogen (secondary N) is 1. The van der Waals surface area contributed by atoms with Gasteiger partial charge in [0.25, 0.3) is 0 Å². The summed E-state index contributed by atoms with van der Waals surface area (Å²) in [6.45, 7) is 3.11. The van der Waals surface area contributed by atoms with Gasteiger partial charge in [-0.3, -0.25) is 4.79 Å². The lowest BCUT2D eigenvalue weighted by atomic mass is 9.86. The van der Waals surface area contributed by atoms with Crippen LogP contribution in [-0.2, 0) is 4.79 Å². The highest BCUT2D eigenvalue weighted by Gasteiger charge is 2.30. The first-order valence-electron chi connectivity index (χ1n) is 7.43. The van der Waals surface area contributed by atoms with Gasteiger partial charge in [-0.05, 0) is 38.0 Å². The van der Waals surface area contributed by atoms with Crippen LogP contribution in [0.3, 0.4) is 0 Å². The maximum absolute atomic E-state index is 12.2. The van der Waals surface area contributed by atoms with Crippen LogP contribution in [0.25, 0.3) is 0 Å². The molecule has 2 rings (SSSR count). The summed E-state index contributed by atoms with van der Waals surface area (Å²) in [7, 11) is 0. The summed E-state index contributed by atoms with van der Waals surface area (Å²) in [5.41, 5.74) is 0. The molecule has 0 spiro atoms. The molecule has 0 aromatic rings. The second-order valence-electron chi connectivity index (χ2n) is 6.12. The molecule has 0 bridgehead atoms. The Labute approximate surface area is 119 Å². The summed E-state index contributed by atoms with van der Waals surface area (Å²) < 4.78 is 0. The van der Waals surface area contributed by atoms with E-state index in [0.29, 0.717) is 32.4 Å². The van der Waals surface area contributed by atoms with Crippen molar-refractivity contribution in [2.24, 2.45) is 11.8 Å². The molecule has 20 heavy (non-hydrogen) atoms. The van der Waals surface area contributed by atoms with Crippen molar-refractivity contribution in [2.45, 2.75) is 51.2 Å². The highest BCUT2D eigenvalue weighted by molar-refractivity contribution is 5.75. The number of hydrogen-bond acceptors (Lipinski definition) is 3. The quantitative estimate of drug-likeness (QED) is 0.707. The van der Waals surface area contributed by atoms with E-state index in [0.717, 1.165) is 12.8 Å². The smallest absolute Gasteiger partial charge is 0.317 e. The number of carbonyl (C=O) groups is 2. The Kier molecular flexibility index (Phi) is 4.86. The predicted octanol–water partition coefficient (Wildman–Crippen LogP) is 1.04. The fourth-order valence-electron chi connectivity index (χ4n) is 3.07. The number of aliphatic carboxylic acids is 1. The van der Waals surface area contributed by atoms with Gasteiger partial charge in [0.1, 0.15) is 0 Å². The summed E-state index contributed by atoms with van der Waals surface area (Å²) in [6.07, 6.45) is 3.04. The molecule has 6 nitrogen and oxygen atoms in total. The third-order valence-electron chi connectivity index (χ3n) is 4.55. The Morgan fingerprint density at radius 2 is 1.80 bits per heavy atom. The van der Waals surface area contributed by atoms with Crippen LogP contribution in [0.4, 0.5) is 4.79 Å². The third-order valence-corrected chi connectivity index (χ3v) is 4.55. The molecule has 2 unspecified atom stereocenters. The van der Waals surface area contributed by atoms with Crippen molar-refractivity contribution in [1.29, 1.82) is 0 Å². The fourth-order valence-corrected chi connectivity index (χ4v) is 3.07. The van der Waals surface area contributed by atoms with E-state index < -0.39 is 5.97 Å². The average molecular weight is 284 g/mol. The van der Waals surface area contributed by atoms with Gasteiger partial charge in [-0.1, -0.05) is 6.92 Å². The molecule has 114 valence electrons. The van der Waals surface area contributed by atoms with Gasteiger partial charge in [-0.25, -0.2) is 4.79 Å². The van der Waals surface area contributed by atoms with Crippen LogP contribution in [0.15, 0.2) is 0 Å². The second-order valence-corrected chi connectivity index (χ2v) is 6.12. The molecule has 0 radical (unpaired) electrons. The molecule has 3 N–H and O–H groups in total. The lowest BCUT2D eigenvalue weighted by Gasteiger charge is -2.36. The molecule has 1 aliphatic carbocycles. The SMILES string of the molecule is CC1CN(C(=O)NC2CCC(C(=O)O)CC2)CCC1O. The molecular formula is C14H24N2O4. The average Bonchev–Trinajstić information content (AvgIpc) is 2.42. The van der Waals surface area contributed by atoms with Crippen LogP contribution in [0.2, 0.25) is 0 Å². The summed E-state index contributed by atoms with van der Waals surface area (Å²) in [4.78, 5) is 24.8. The van der Waals surface area contributed by atoms with Crippen molar-refractivity contribution in [2.75, 3.05) is 13.1 Å². The maximum Gasteiger partial charge on any atom is 0.317 e. The molecule has 1 heterocycles. The van der Waals surface area contributed by atoms with Gasteiger partial charge in [0, 0.05) is 19.1 Å². The summed E-state index contributed by atoms with van der Waals surface area (Å²) in [5.74, 6) is -0.876. The van der Waals surface area contributed by atoms with Gasteiger partial charge < -0.3 is 20.4 Å². The molecule has 2 atom stereocenters. The van der Waals surface area contributed by atoms with Crippen LogP contribution in [-0.4, -0.2) is 52.3 Å². The van der Waals surface area contributed by atoms with Gasteiger partial charge in [-0.2, -0.15) is 0 Å². The van der Waals surface area contributed by atoms with Crippen molar-refractivity contribution in [1.82, 2.24) is 10.2 Å². The molecule has 1 aliphatic heterocycles. The molecule has 2 amide bonds. The topological polar surface area (TPSA) is 89.9 Å². The Balaban J connectivity index is 1.77. The Bertz CT molecular complexity index is 366. The zero-order valence-corrected chi connectivity index (χ0v) is 11.9. The number of aliphatic hydroxyl groups excluding tert-OH is 1. The van der Waals surface area contributed by atoms with Crippen LogP contribution < -0.4 is 5.32 Å². The van der Waals surface area contributed by atoms with Crippen molar-refractivity contribution in [3.8, 4) is 0 Å². The molecular weight excluding hydrogens is 260 g/mol. The number of aliphatic hydroxyl groups is 1. The number of piperidine rings is 1. The molecule has 1 saturated carbocycles. The maximum atomic E-state index is 12.2. The predicted molar refractivity (Wildman–Crippen MR) is 73.3 cm³/mol. The van der Waals surface area contributed by atoms with E-state index >= 15 is 0 Å². The van der Waals surface area contributed by atoms with Crippen LogP contribution in [0.5, 0.6) is 0 Å². The standard InChI is InChI=1S/C14H24N2O4/c1-9-8-16(7-6-12(9)17)14(20)15-11-4-2-10(3-5-11)13(18)19/h9-12,17H,2-8H2,1H3,(H,15,20)(H,18,19). The molecule has 6 heteroatoms. The number of carboxylic acids is 1. The Hall–Kier alpha value is -1.30. The monoisotopic (exact) mass is 284 g/mol. The van der Waals surface area contributed by atoms with Crippen molar-refractivity contribution in [3.63, 3.8) is 0 Å². The first-order chi connectivity index (χ1) is 9.47. The summed E-state index contributed by atoms with van der Waals surface area (Å²) in [6, 6.07) is 0.00258. The van der Waals surface area contributed by atoms with Gasteiger partial charge in [0.15, 0.2) is 0 Å². The van der Waals surface area contributed by atoms with Crippen LogP contribution in [0, 0.1) is 11.8 Å². The van der Waals surface area contributed by atoms with Crippen molar-refractivity contribution < 1.29 is 19.8 Å². The molecule has 0 aromatic heterocycles. The van der Waals surface area contributed by atoms with Gasteiger partial charge in [0.05, 0.1) is 12.0 Å². The fraction of sp³-hybridized carbons (Fsp3) is 0.857. The minimum absolute atomic E-state index is 0.0810. The van der Waals surface area contributed by atoms with Gasteiger partial charge >= 0.3 is 12.0 Å². The van der Waals surface area contributed by atoms with Crippen LogP contribution >= 0.6 is 0 Å². The van der Waals surface area contributed by atoms with E-state index in [9.17, 15) is 14.7 Å². The molecule has 2 fully saturated rings. The number of rotatable bonds is 2. The highest BCUT2D eigenvalue weighted by atomic mass is 16.4. The number of urea groups is 1. The highest BCUT2D eigenvalue weighted by Crippen LogP contribution is 2.25. The zero-order chi connectivity index (χ0) is 14.7. The number of hydrogen-bond donors (Lipinski definition) is 3.